The van der Waals surface area contributed by atoms with Crippen molar-refractivity contribution in [3.8, 4) is 10.8 Å². The Bertz CT molecular complexity index is 718. The fourth-order valence-corrected chi connectivity index (χ4v) is 2.63. The molecular weight excluding hydrogens is 296 g/mol. The smallest absolute Gasteiger partial charge is 0.387 e. The quantitative estimate of drug-likeness (QED) is 0.826. The van der Waals surface area contributed by atoms with Crippen molar-refractivity contribution in [2.75, 3.05) is 19.6 Å². The number of hydrogen-bond donors (Lipinski definition) is 1. The predicted molar refractivity (Wildman–Crippen MR) is 73.7 cm³/mol. The summed E-state index contributed by atoms with van der Waals surface area (Å²) >= 11 is 1.39. The first-order chi connectivity index (χ1) is 10.1. The third-order valence-electron chi connectivity index (χ3n) is 3.01. The monoisotopic (exact) mass is 308 g/mol. The molecule has 2 aromatic heterocycles. The average molecular weight is 308 g/mol. The van der Waals surface area contributed by atoms with Crippen LogP contribution in [0.1, 0.15) is 0 Å². The molecule has 2 amide bonds. The number of rotatable bonds is 3. The molecule has 0 atom stereocenters. The van der Waals surface area contributed by atoms with Gasteiger partial charge in [0.2, 0.25) is 11.8 Å². The summed E-state index contributed by atoms with van der Waals surface area (Å²) in [6, 6.07) is 3.59. The molecule has 1 N–H and O–H groups in total. The molecule has 0 radical (unpaired) electrons. The van der Waals surface area contributed by atoms with Gasteiger partial charge < -0.3 is 14.6 Å². The fraction of sp³-hybridized carbons (Fsp3) is 0.333. The van der Waals surface area contributed by atoms with E-state index in [1.807, 2.05) is 11.4 Å². The van der Waals surface area contributed by atoms with Crippen molar-refractivity contribution in [3.05, 3.63) is 28.1 Å². The number of carbonyl (C=O) groups is 2. The van der Waals surface area contributed by atoms with Crippen molar-refractivity contribution in [1.29, 1.82) is 0 Å². The van der Waals surface area contributed by atoms with Crippen molar-refractivity contribution in [3.63, 3.8) is 0 Å². The van der Waals surface area contributed by atoms with Gasteiger partial charge in [0.25, 0.3) is 5.89 Å². The van der Waals surface area contributed by atoms with Crippen LogP contribution in [-0.2, 0) is 16.1 Å². The van der Waals surface area contributed by atoms with E-state index in [9.17, 15) is 14.4 Å². The van der Waals surface area contributed by atoms with E-state index in [1.54, 1.807) is 6.07 Å². The van der Waals surface area contributed by atoms with E-state index < -0.39 is 5.76 Å². The molecule has 3 rings (SSSR count). The molecule has 0 spiro atoms. The summed E-state index contributed by atoms with van der Waals surface area (Å²) in [4.78, 5) is 37.1. The van der Waals surface area contributed by atoms with Gasteiger partial charge in [-0.1, -0.05) is 6.07 Å². The maximum Gasteiger partial charge on any atom is 0.437 e. The zero-order valence-electron chi connectivity index (χ0n) is 10.9. The van der Waals surface area contributed by atoms with E-state index in [-0.39, 0.29) is 30.8 Å². The molecule has 0 unspecified atom stereocenters. The van der Waals surface area contributed by atoms with Gasteiger partial charge in [-0.3, -0.25) is 9.59 Å². The van der Waals surface area contributed by atoms with Crippen LogP contribution in [0.4, 0.5) is 0 Å². The molecule has 1 saturated heterocycles. The third-order valence-corrected chi connectivity index (χ3v) is 3.87. The van der Waals surface area contributed by atoms with Crippen LogP contribution in [0.3, 0.4) is 0 Å². The molecule has 21 heavy (non-hydrogen) atoms. The van der Waals surface area contributed by atoms with Gasteiger partial charge in [0.05, 0.1) is 11.4 Å². The minimum atomic E-state index is -0.687. The van der Waals surface area contributed by atoms with Crippen LogP contribution in [0.25, 0.3) is 10.8 Å². The Morgan fingerprint density at radius 3 is 3.05 bits per heavy atom. The highest BCUT2D eigenvalue weighted by molar-refractivity contribution is 7.13. The Balaban J connectivity index is 1.74. The first-order valence-electron chi connectivity index (χ1n) is 6.30. The van der Waals surface area contributed by atoms with E-state index in [0.29, 0.717) is 13.1 Å². The van der Waals surface area contributed by atoms with Crippen LogP contribution < -0.4 is 11.1 Å². The second-order valence-electron chi connectivity index (χ2n) is 4.47. The maximum absolute atomic E-state index is 12.1. The van der Waals surface area contributed by atoms with Gasteiger partial charge >= 0.3 is 5.76 Å². The molecule has 9 heteroatoms. The number of hydrogen-bond acceptors (Lipinski definition) is 6. The summed E-state index contributed by atoms with van der Waals surface area (Å²) in [5.74, 6) is -1.04. The largest absolute Gasteiger partial charge is 0.437 e. The Labute approximate surface area is 123 Å². The standard InChI is InChI=1S/C12H12N4O4S/c17-9-6-15(4-3-13-9)10(18)7-16-12(19)20-11(14-16)8-2-1-5-21-8/h1-2,5H,3-4,6-7H2,(H,13,17). The van der Waals surface area contributed by atoms with Gasteiger partial charge in [0.15, 0.2) is 0 Å². The SMILES string of the molecule is O=C1CN(C(=O)Cn2nc(-c3cccs3)oc2=O)CCN1. The summed E-state index contributed by atoms with van der Waals surface area (Å²) in [7, 11) is 0. The lowest BCUT2D eigenvalue weighted by Gasteiger charge is -2.26. The highest BCUT2D eigenvalue weighted by Gasteiger charge is 2.23. The summed E-state index contributed by atoms with van der Waals surface area (Å²) in [6.07, 6.45) is 0. The molecule has 2 aromatic rings. The minimum absolute atomic E-state index is 0.00319. The molecule has 1 aliphatic heterocycles. The molecule has 0 bridgehead atoms. The van der Waals surface area contributed by atoms with Crippen molar-refractivity contribution >= 4 is 23.2 Å². The van der Waals surface area contributed by atoms with Crippen molar-refractivity contribution in [1.82, 2.24) is 20.0 Å². The number of thiophene rings is 1. The second-order valence-corrected chi connectivity index (χ2v) is 5.42. The number of amides is 2. The van der Waals surface area contributed by atoms with Crippen molar-refractivity contribution in [2.45, 2.75) is 6.54 Å². The van der Waals surface area contributed by atoms with Crippen LogP contribution >= 0.6 is 11.3 Å². The summed E-state index contributed by atoms with van der Waals surface area (Å²) in [5, 5.41) is 8.48. The van der Waals surface area contributed by atoms with Crippen LogP contribution in [0.5, 0.6) is 0 Å². The zero-order valence-corrected chi connectivity index (χ0v) is 11.8. The molecule has 1 fully saturated rings. The van der Waals surface area contributed by atoms with Crippen molar-refractivity contribution in [2.24, 2.45) is 0 Å². The maximum atomic E-state index is 12.1. The molecular formula is C12H12N4O4S. The lowest BCUT2D eigenvalue weighted by molar-refractivity contribution is -0.138. The van der Waals surface area contributed by atoms with E-state index in [0.717, 1.165) is 9.56 Å². The number of nitrogens with zero attached hydrogens (tertiary/aromatic N) is 3. The Kier molecular flexibility index (Phi) is 3.57. The van der Waals surface area contributed by atoms with E-state index in [1.165, 1.54) is 16.2 Å². The Hall–Kier alpha value is -2.42. The average Bonchev–Trinajstić information content (AvgIpc) is 3.09. The predicted octanol–water partition coefficient (Wildman–Crippen LogP) is -0.477. The molecule has 1 aliphatic rings. The van der Waals surface area contributed by atoms with E-state index in [2.05, 4.69) is 10.4 Å². The first kappa shape index (κ1) is 13.6. The van der Waals surface area contributed by atoms with Gasteiger partial charge in [-0.2, -0.15) is 4.68 Å². The summed E-state index contributed by atoms with van der Waals surface area (Å²) in [5.41, 5.74) is 0. The topological polar surface area (TPSA) is 97.4 Å². The van der Waals surface area contributed by atoms with E-state index in [4.69, 9.17) is 4.42 Å². The lowest BCUT2D eigenvalue weighted by atomic mass is 10.3. The summed E-state index contributed by atoms with van der Waals surface area (Å²) < 4.78 is 6.00. The van der Waals surface area contributed by atoms with Crippen LogP contribution in [-0.4, -0.2) is 46.1 Å². The summed E-state index contributed by atoms with van der Waals surface area (Å²) in [6.45, 7) is 0.609. The Morgan fingerprint density at radius 2 is 2.33 bits per heavy atom. The normalized spacial score (nSPS) is 15.0. The zero-order chi connectivity index (χ0) is 14.8. The molecule has 0 saturated carbocycles. The highest BCUT2D eigenvalue weighted by atomic mass is 32.1. The van der Waals surface area contributed by atoms with Gasteiger partial charge in [-0.15, -0.1) is 16.4 Å². The molecule has 8 nitrogen and oxygen atoms in total. The van der Waals surface area contributed by atoms with Crippen LogP contribution in [0, 0.1) is 0 Å². The fourth-order valence-electron chi connectivity index (χ4n) is 1.99. The van der Waals surface area contributed by atoms with E-state index >= 15 is 0 Å². The number of nitrogens with one attached hydrogen (secondary N) is 1. The molecule has 0 aromatic carbocycles. The molecule has 110 valence electrons. The van der Waals surface area contributed by atoms with Crippen LogP contribution in [0.2, 0.25) is 0 Å². The molecule has 3 heterocycles. The van der Waals surface area contributed by atoms with Crippen molar-refractivity contribution < 1.29 is 14.0 Å². The minimum Gasteiger partial charge on any atom is -0.387 e. The Morgan fingerprint density at radius 1 is 1.48 bits per heavy atom. The first-order valence-corrected chi connectivity index (χ1v) is 7.18. The van der Waals surface area contributed by atoms with Gasteiger partial charge in [-0.25, -0.2) is 4.79 Å². The van der Waals surface area contributed by atoms with Gasteiger partial charge in [-0.05, 0) is 11.4 Å². The lowest BCUT2D eigenvalue weighted by Crippen LogP contribution is -2.51. The number of carbonyl (C=O) groups excluding carboxylic acids is 2. The third kappa shape index (κ3) is 2.87. The van der Waals surface area contributed by atoms with Crippen LogP contribution in [0.15, 0.2) is 26.7 Å². The number of aromatic nitrogens is 2. The van der Waals surface area contributed by atoms with Gasteiger partial charge in [0.1, 0.15) is 6.54 Å². The molecule has 0 aliphatic carbocycles. The number of piperazine rings is 1. The van der Waals surface area contributed by atoms with Gasteiger partial charge in [0, 0.05) is 13.1 Å². The second kappa shape index (κ2) is 5.52. The highest BCUT2D eigenvalue weighted by Crippen LogP contribution is 2.20.